The third-order valence-corrected chi connectivity index (χ3v) is 3.71. The summed E-state index contributed by atoms with van der Waals surface area (Å²) >= 11 is 0. The lowest BCUT2D eigenvalue weighted by Gasteiger charge is -2.11. The van der Waals surface area contributed by atoms with Crippen molar-refractivity contribution in [3.63, 3.8) is 0 Å². The number of anilines is 1. The highest BCUT2D eigenvalue weighted by atomic mass is 16.6. The monoisotopic (exact) mass is 359 g/mol. The summed E-state index contributed by atoms with van der Waals surface area (Å²) in [6, 6.07) is 11.6. The summed E-state index contributed by atoms with van der Waals surface area (Å²) in [7, 11) is 3.10. The smallest absolute Gasteiger partial charge is 0.292 e. The lowest BCUT2D eigenvalue weighted by molar-refractivity contribution is -0.384. The molecular formula is C18H21N3O5. The van der Waals surface area contributed by atoms with Crippen LogP contribution in [0.4, 0.5) is 11.4 Å². The lowest BCUT2D eigenvalue weighted by atomic mass is 10.1. The Morgan fingerprint density at radius 3 is 2.58 bits per heavy atom. The summed E-state index contributed by atoms with van der Waals surface area (Å²) in [5, 5.41) is 16.7. The van der Waals surface area contributed by atoms with Gasteiger partial charge in [-0.2, -0.15) is 0 Å². The van der Waals surface area contributed by atoms with Crippen molar-refractivity contribution in [1.29, 1.82) is 0 Å². The van der Waals surface area contributed by atoms with Crippen LogP contribution < -0.4 is 20.1 Å². The molecule has 0 aliphatic heterocycles. The largest absolute Gasteiger partial charge is 0.497 e. The number of rotatable bonds is 9. The topological polar surface area (TPSA) is 103 Å². The Balaban J connectivity index is 1.84. The van der Waals surface area contributed by atoms with E-state index >= 15 is 0 Å². The minimum atomic E-state index is -0.448. The van der Waals surface area contributed by atoms with Crippen molar-refractivity contribution in [1.82, 2.24) is 5.32 Å². The first-order valence-electron chi connectivity index (χ1n) is 8.00. The second-order valence-corrected chi connectivity index (χ2v) is 5.41. The molecule has 0 fully saturated rings. The van der Waals surface area contributed by atoms with Gasteiger partial charge in [0, 0.05) is 30.8 Å². The number of hydrogen-bond acceptors (Lipinski definition) is 6. The molecule has 0 saturated carbocycles. The molecule has 0 saturated heterocycles. The average Bonchev–Trinajstić information content (AvgIpc) is 2.65. The molecule has 1 amide bonds. The number of benzene rings is 2. The highest BCUT2D eigenvalue weighted by Crippen LogP contribution is 2.25. The molecule has 2 aromatic rings. The molecule has 0 bridgehead atoms. The van der Waals surface area contributed by atoms with Crippen LogP contribution in [0.15, 0.2) is 42.5 Å². The van der Waals surface area contributed by atoms with Crippen LogP contribution in [0.25, 0.3) is 0 Å². The molecule has 8 heteroatoms. The first kappa shape index (κ1) is 19.0. The van der Waals surface area contributed by atoms with Gasteiger partial charge in [-0.3, -0.25) is 14.9 Å². The van der Waals surface area contributed by atoms with E-state index in [9.17, 15) is 14.9 Å². The van der Waals surface area contributed by atoms with Gasteiger partial charge in [0.1, 0.15) is 17.2 Å². The minimum absolute atomic E-state index is 0.00166. The SMILES string of the molecule is COc1ccc(CC(=O)NCCNc2ccccc2[N+](=O)[O-])c(OC)c1. The maximum absolute atomic E-state index is 12.1. The van der Waals surface area contributed by atoms with Crippen molar-refractivity contribution in [3.05, 3.63) is 58.1 Å². The zero-order chi connectivity index (χ0) is 18.9. The van der Waals surface area contributed by atoms with E-state index in [-0.39, 0.29) is 18.0 Å². The second kappa shape index (κ2) is 9.26. The van der Waals surface area contributed by atoms with Crippen LogP contribution in [-0.2, 0) is 11.2 Å². The van der Waals surface area contributed by atoms with E-state index in [0.717, 1.165) is 5.56 Å². The summed E-state index contributed by atoms with van der Waals surface area (Å²) in [4.78, 5) is 22.6. The van der Waals surface area contributed by atoms with Crippen molar-refractivity contribution >= 4 is 17.3 Å². The van der Waals surface area contributed by atoms with Gasteiger partial charge in [0.2, 0.25) is 5.91 Å². The van der Waals surface area contributed by atoms with Gasteiger partial charge in [0.05, 0.1) is 25.6 Å². The Bertz CT molecular complexity index is 779. The average molecular weight is 359 g/mol. The number of amides is 1. The normalized spacial score (nSPS) is 10.1. The number of methoxy groups -OCH3 is 2. The van der Waals surface area contributed by atoms with Gasteiger partial charge in [-0.1, -0.05) is 18.2 Å². The van der Waals surface area contributed by atoms with E-state index in [2.05, 4.69) is 10.6 Å². The zero-order valence-corrected chi connectivity index (χ0v) is 14.7. The van der Waals surface area contributed by atoms with Crippen LogP contribution >= 0.6 is 0 Å². The number of hydrogen-bond donors (Lipinski definition) is 2. The predicted molar refractivity (Wildman–Crippen MR) is 97.8 cm³/mol. The van der Waals surface area contributed by atoms with Gasteiger partial charge in [0.25, 0.3) is 5.69 Å². The Labute approximate surface area is 151 Å². The van der Waals surface area contributed by atoms with Gasteiger partial charge < -0.3 is 20.1 Å². The molecule has 0 radical (unpaired) electrons. The van der Waals surface area contributed by atoms with Crippen LogP contribution in [0.3, 0.4) is 0 Å². The van der Waals surface area contributed by atoms with Crippen molar-refractivity contribution in [3.8, 4) is 11.5 Å². The summed E-state index contributed by atoms with van der Waals surface area (Å²) < 4.78 is 10.4. The van der Waals surface area contributed by atoms with Crippen LogP contribution in [-0.4, -0.2) is 38.1 Å². The molecule has 0 unspecified atom stereocenters. The number of carbonyl (C=O) groups is 1. The summed E-state index contributed by atoms with van der Waals surface area (Å²) in [5.74, 6) is 1.06. The molecule has 0 atom stereocenters. The minimum Gasteiger partial charge on any atom is -0.497 e. The van der Waals surface area contributed by atoms with E-state index in [1.54, 1.807) is 43.5 Å². The summed E-state index contributed by atoms with van der Waals surface area (Å²) in [6.07, 6.45) is 0.165. The first-order valence-corrected chi connectivity index (χ1v) is 8.00. The third kappa shape index (κ3) is 5.10. The number of nitro groups is 1. The Morgan fingerprint density at radius 1 is 1.12 bits per heavy atom. The molecular weight excluding hydrogens is 338 g/mol. The molecule has 0 heterocycles. The molecule has 26 heavy (non-hydrogen) atoms. The van der Waals surface area contributed by atoms with Crippen LogP contribution in [0.5, 0.6) is 11.5 Å². The maximum Gasteiger partial charge on any atom is 0.292 e. The second-order valence-electron chi connectivity index (χ2n) is 5.41. The maximum atomic E-state index is 12.1. The number of ether oxygens (including phenoxy) is 2. The van der Waals surface area contributed by atoms with Crippen LogP contribution in [0, 0.1) is 10.1 Å². The number of nitrogens with zero attached hydrogens (tertiary/aromatic N) is 1. The quantitative estimate of drug-likeness (QED) is 0.405. The van der Waals surface area contributed by atoms with Gasteiger partial charge in [-0.25, -0.2) is 0 Å². The van der Waals surface area contributed by atoms with Crippen molar-refractivity contribution in [2.75, 3.05) is 32.6 Å². The van der Waals surface area contributed by atoms with Crippen LogP contribution in [0.1, 0.15) is 5.56 Å². The Morgan fingerprint density at radius 2 is 1.88 bits per heavy atom. The fraction of sp³-hybridized carbons (Fsp3) is 0.278. The number of nitro benzene ring substituents is 1. The van der Waals surface area contributed by atoms with E-state index in [4.69, 9.17) is 9.47 Å². The van der Waals surface area contributed by atoms with E-state index in [1.807, 2.05) is 0 Å². The van der Waals surface area contributed by atoms with Gasteiger partial charge >= 0.3 is 0 Å². The van der Waals surface area contributed by atoms with E-state index in [1.165, 1.54) is 13.2 Å². The van der Waals surface area contributed by atoms with Gasteiger partial charge in [-0.15, -0.1) is 0 Å². The first-order chi connectivity index (χ1) is 12.5. The molecule has 2 N–H and O–H groups in total. The summed E-state index contributed by atoms with van der Waals surface area (Å²) in [6.45, 7) is 0.708. The number of nitrogens with one attached hydrogen (secondary N) is 2. The van der Waals surface area contributed by atoms with Gasteiger partial charge in [-0.05, 0) is 12.1 Å². The van der Waals surface area contributed by atoms with E-state index in [0.29, 0.717) is 30.3 Å². The molecule has 138 valence electrons. The third-order valence-electron chi connectivity index (χ3n) is 3.71. The predicted octanol–water partition coefficient (Wildman–Crippen LogP) is 2.38. The van der Waals surface area contributed by atoms with E-state index < -0.39 is 4.92 Å². The fourth-order valence-electron chi connectivity index (χ4n) is 2.41. The van der Waals surface area contributed by atoms with Crippen molar-refractivity contribution < 1.29 is 19.2 Å². The molecule has 2 aromatic carbocycles. The molecule has 0 spiro atoms. The summed E-state index contributed by atoms with van der Waals surface area (Å²) in [5.41, 5.74) is 1.17. The lowest BCUT2D eigenvalue weighted by Crippen LogP contribution is -2.30. The molecule has 0 aliphatic rings. The zero-order valence-electron chi connectivity index (χ0n) is 14.7. The highest BCUT2D eigenvalue weighted by Gasteiger charge is 2.12. The molecule has 8 nitrogen and oxygen atoms in total. The Hall–Kier alpha value is -3.29. The van der Waals surface area contributed by atoms with Crippen molar-refractivity contribution in [2.45, 2.75) is 6.42 Å². The van der Waals surface area contributed by atoms with Gasteiger partial charge in [0.15, 0.2) is 0 Å². The standard InChI is InChI=1S/C18H21N3O5/c1-25-14-8-7-13(17(12-14)26-2)11-18(22)20-10-9-19-15-5-3-4-6-16(15)21(23)24/h3-8,12,19H,9-11H2,1-2H3,(H,20,22). The highest BCUT2D eigenvalue weighted by molar-refractivity contribution is 5.79. The number of para-hydroxylation sites is 2. The molecule has 0 aromatic heterocycles. The number of carbonyl (C=O) groups excluding carboxylic acids is 1. The van der Waals surface area contributed by atoms with Crippen molar-refractivity contribution in [2.24, 2.45) is 0 Å². The fourth-order valence-corrected chi connectivity index (χ4v) is 2.41. The molecule has 0 aliphatic carbocycles. The molecule has 2 rings (SSSR count). The Kier molecular flexibility index (Phi) is 6.78. The van der Waals surface area contributed by atoms with Crippen LogP contribution in [0.2, 0.25) is 0 Å².